The average Bonchev–Trinajstić information content (AvgIpc) is 3.32. The van der Waals surface area contributed by atoms with E-state index in [0.717, 1.165) is 21.6 Å². The van der Waals surface area contributed by atoms with Gasteiger partial charge in [0, 0.05) is 39.1 Å². The van der Waals surface area contributed by atoms with E-state index in [2.05, 4.69) is 9.97 Å². The van der Waals surface area contributed by atoms with Crippen molar-refractivity contribution in [2.24, 2.45) is 13.0 Å². The van der Waals surface area contributed by atoms with E-state index >= 15 is 0 Å². The van der Waals surface area contributed by atoms with E-state index in [0.29, 0.717) is 23.8 Å². The Bertz CT molecular complexity index is 1390. The van der Waals surface area contributed by atoms with Crippen molar-refractivity contribution in [3.05, 3.63) is 70.9 Å². The van der Waals surface area contributed by atoms with Crippen LogP contribution >= 0.6 is 0 Å². The van der Waals surface area contributed by atoms with E-state index in [9.17, 15) is 18.8 Å². The van der Waals surface area contributed by atoms with Crippen molar-refractivity contribution in [3.8, 4) is 0 Å². The highest BCUT2D eigenvalue weighted by Gasteiger charge is 2.55. The van der Waals surface area contributed by atoms with Gasteiger partial charge < -0.3 is 10.3 Å². The number of halogens is 1. The molecule has 2 aromatic heterocycles. The molecule has 9 nitrogen and oxygen atoms in total. The molecule has 1 aliphatic rings. The third-order valence-electron chi connectivity index (χ3n) is 7.58. The highest BCUT2D eigenvalue weighted by atomic mass is 19.1. The summed E-state index contributed by atoms with van der Waals surface area (Å²) in [5.41, 5.74) is 8.76. The van der Waals surface area contributed by atoms with Gasteiger partial charge >= 0.3 is 0 Å². The minimum atomic E-state index is -0.986. The second kappa shape index (κ2) is 10.7. The Balaban J connectivity index is 1.63. The number of imide groups is 1. The monoisotopic (exact) mass is 520 g/mol. The minimum absolute atomic E-state index is 0.0268. The van der Waals surface area contributed by atoms with Crippen LogP contribution in [-0.4, -0.2) is 50.2 Å². The highest BCUT2D eigenvalue weighted by Crippen LogP contribution is 2.36. The summed E-state index contributed by atoms with van der Waals surface area (Å²) in [5, 5.41) is 0. The summed E-state index contributed by atoms with van der Waals surface area (Å²) in [4.78, 5) is 51.4. The minimum Gasteiger partial charge on any atom is -0.384 e. The van der Waals surface area contributed by atoms with Gasteiger partial charge in [0.25, 0.3) is 5.91 Å². The number of nitrogens with zero attached hydrogens (tertiary/aromatic N) is 5. The van der Waals surface area contributed by atoms with Gasteiger partial charge in [-0.25, -0.2) is 14.4 Å². The molecule has 1 fully saturated rings. The number of hydrogen-bond donors (Lipinski definition) is 1. The van der Waals surface area contributed by atoms with Crippen LogP contribution in [0.1, 0.15) is 47.9 Å². The Morgan fingerprint density at radius 1 is 1.16 bits per heavy atom. The third kappa shape index (κ3) is 4.90. The third-order valence-corrected chi connectivity index (χ3v) is 7.58. The largest absolute Gasteiger partial charge is 0.384 e. The molecule has 0 aliphatic carbocycles. The molecule has 0 spiro atoms. The molecule has 3 amide bonds. The average molecular weight is 521 g/mol. The maximum Gasteiger partial charge on any atom is 0.253 e. The Morgan fingerprint density at radius 2 is 1.89 bits per heavy atom. The fraction of sp³-hybridized carbons (Fsp3) is 0.393. The van der Waals surface area contributed by atoms with Crippen LogP contribution in [0.5, 0.6) is 0 Å². The van der Waals surface area contributed by atoms with Gasteiger partial charge in [0.2, 0.25) is 17.8 Å². The molecule has 1 saturated heterocycles. The van der Waals surface area contributed by atoms with Crippen LogP contribution in [0, 0.1) is 25.6 Å². The molecule has 3 aromatic rings. The maximum absolute atomic E-state index is 14.1. The SMILES string of the molecule is CC[C@@H](CC(=O)N1C(=O)[C@H](Cc2ccnc(N)c2)[C@H]1C(=O)N(C)c1nccn1C)c1ccc(F)c(C)c1C. The van der Waals surface area contributed by atoms with Gasteiger partial charge in [-0.3, -0.25) is 24.2 Å². The van der Waals surface area contributed by atoms with E-state index in [1.807, 2.05) is 13.8 Å². The number of rotatable bonds is 8. The van der Waals surface area contributed by atoms with Crippen LogP contribution in [0.2, 0.25) is 0 Å². The number of pyridine rings is 1. The van der Waals surface area contributed by atoms with Crippen molar-refractivity contribution < 1.29 is 18.8 Å². The van der Waals surface area contributed by atoms with Gasteiger partial charge in [0.1, 0.15) is 17.7 Å². The topological polar surface area (TPSA) is 114 Å². The van der Waals surface area contributed by atoms with Crippen LogP contribution in [0.3, 0.4) is 0 Å². The van der Waals surface area contributed by atoms with Crippen LogP contribution in [0.15, 0.2) is 42.9 Å². The van der Waals surface area contributed by atoms with Crippen LogP contribution in [0.4, 0.5) is 16.2 Å². The molecule has 0 radical (unpaired) electrons. The summed E-state index contributed by atoms with van der Waals surface area (Å²) in [5.74, 6) is -1.78. The van der Waals surface area contributed by atoms with Gasteiger partial charge in [-0.15, -0.1) is 0 Å². The number of aromatic nitrogens is 3. The maximum atomic E-state index is 14.1. The number of benzene rings is 1. The molecule has 1 aromatic carbocycles. The lowest BCUT2D eigenvalue weighted by Crippen LogP contribution is -2.69. The molecule has 0 bridgehead atoms. The number of carbonyl (C=O) groups excluding carboxylic acids is 3. The first-order valence-electron chi connectivity index (χ1n) is 12.6. The molecule has 2 N–H and O–H groups in total. The molecule has 38 heavy (non-hydrogen) atoms. The molecule has 200 valence electrons. The lowest BCUT2D eigenvalue weighted by molar-refractivity contribution is -0.170. The van der Waals surface area contributed by atoms with Gasteiger partial charge in [-0.05, 0) is 73.1 Å². The van der Waals surface area contributed by atoms with Gasteiger partial charge in [-0.1, -0.05) is 13.0 Å². The zero-order valence-electron chi connectivity index (χ0n) is 22.3. The molecular formula is C28H33FN6O3. The van der Waals surface area contributed by atoms with E-state index in [1.54, 1.807) is 62.4 Å². The summed E-state index contributed by atoms with van der Waals surface area (Å²) in [7, 11) is 3.34. The molecule has 0 saturated carbocycles. The molecular weight excluding hydrogens is 487 g/mol. The quantitative estimate of drug-likeness (QED) is 0.456. The number of nitrogen functional groups attached to an aromatic ring is 1. The Kier molecular flexibility index (Phi) is 7.61. The summed E-state index contributed by atoms with van der Waals surface area (Å²) in [6, 6.07) is 5.52. The summed E-state index contributed by atoms with van der Waals surface area (Å²) in [6.07, 6.45) is 5.72. The van der Waals surface area contributed by atoms with E-state index in [1.165, 1.54) is 11.0 Å². The zero-order valence-corrected chi connectivity index (χ0v) is 22.3. The molecule has 3 heterocycles. The summed E-state index contributed by atoms with van der Waals surface area (Å²) >= 11 is 0. The number of likely N-dealkylation sites (N-methyl/N-ethyl adjacent to an activating group) is 1. The standard InChI is InChI=1S/C28H33FN6O3/c1-6-19(20-7-8-22(29)17(3)16(20)2)15-24(36)35-25(27(38)34(5)28-32-11-12-33(28)4)21(26(35)37)13-18-9-10-31-23(30)14-18/h7-12,14,19,21,25H,6,13,15H2,1-5H3,(H2,30,31)/t19-,21+,25-/m0/s1. The zero-order chi connectivity index (χ0) is 27.7. The molecule has 1 aliphatic heterocycles. The van der Waals surface area contributed by atoms with E-state index < -0.39 is 29.7 Å². The van der Waals surface area contributed by atoms with E-state index in [4.69, 9.17) is 5.73 Å². The smallest absolute Gasteiger partial charge is 0.253 e. The van der Waals surface area contributed by atoms with Crippen molar-refractivity contribution in [3.63, 3.8) is 0 Å². The molecule has 3 atom stereocenters. The number of β-lactam (4-membered cyclic amide) rings is 1. The number of amides is 3. The first-order chi connectivity index (χ1) is 18.0. The Labute approximate surface area is 221 Å². The molecule has 0 unspecified atom stereocenters. The normalized spacial score (nSPS) is 17.7. The fourth-order valence-electron chi connectivity index (χ4n) is 5.20. The first-order valence-corrected chi connectivity index (χ1v) is 12.6. The van der Waals surface area contributed by atoms with Crippen molar-refractivity contribution in [2.45, 2.75) is 52.0 Å². The Morgan fingerprint density at radius 3 is 2.53 bits per heavy atom. The predicted octanol–water partition coefficient (Wildman–Crippen LogP) is 3.30. The lowest BCUT2D eigenvalue weighted by Gasteiger charge is -2.46. The van der Waals surface area contributed by atoms with Crippen LogP contribution in [0.25, 0.3) is 0 Å². The van der Waals surface area contributed by atoms with Crippen molar-refractivity contribution in [1.82, 2.24) is 19.4 Å². The number of carbonyl (C=O) groups is 3. The van der Waals surface area contributed by atoms with Crippen molar-refractivity contribution in [2.75, 3.05) is 17.7 Å². The van der Waals surface area contributed by atoms with Crippen LogP contribution < -0.4 is 10.6 Å². The van der Waals surface area contributed by atoms with Crippen molar-refractivity contribution >= 4 is 29.5 Å². The number of imidazole rings is 1. The number of anilines is 2. The van der Waals surface area contributed by atoms with Crippen molar-refractivity contribution in [1.29, 1.82) is 0 Å². The second-order valence-electron chi connectivity index (χ2n) is 9.88. The first kappa shape index (κ1) is 27.0. The number of hydrogen-bond acceptors (Lipinski definition) is 6. The lowest BCUT2D eigenvalue weighted by atomic mass is 9.80. The van der Waals surface area contributed by atoms with Crippen LogP contribution in [-0.2, 0) is 27.9 Å². The van der Waals surface area contributed by atoms with Gasteiger partial charge in [0.15, 0.2) is 0 Å². The fourth-order valence-corrected chi connectivity index (χ4v) is 5.20. The number of likely N-dealkylation sites (tertiary alicyclic amines) is 1. The predicted molar refractivity (Wildman–Crippen MR) is 142 cm³/mol. The highest BCUT2D eigenvalue weighted by molar-refractivity contribution is 6.12. The van der Waals surface area contributed by atoms with E-state index in [-0.39, 0.29) is 24.6 Å². The Hall–Kier alpha value is -4.08. The number of aryl methyl sites for hydroxylation is 1. The summed E-state index contributed by atoms with van der Waals surface area (Å²) in [6.45, 7) is 5.49. The van der Waals surface area contributed by atoms with Gasteiger partial charge in [0.05, 0.1) is 5.92 Å². The molecule has 10 heteroatoms. The number of nitrogens with two attached hydrogens (primary N) is 1. The second-order valence-corrected chi connectivity index (χ2v) is 9.88. The molecule has 4 rings (SSSR count). The van der Waals surface area contributed by atoms with Gasteiger partial charge in [-0.2, -0.15) is 0 Å². The summed E-state index contributed by atoms with van der Waals surface area (Å²) < 4.78 is 15.8.